The number of terminal acetylenes is 1. The average Bonchev–Trinajstić information content (AvgIpc) is 2.31. The highest BCUT2D eigenvalue weighted by atomic mass is 16.3. The minimum absolute atomic E-state index is 0.0627. The van der Waals surface area contributed by atoms with Crippen molar-refractivity contribution in [1.29, 1.82) is 0 Å². The van der Waals surface area contributed by atoms with Gasteiger partial charge in [-0.25, -0.2) is 0 Å². The molecule has 0 fully saturated rings. The molecule has 0 saturated carbocycles. The van der Waals surface area contributed by atoms with Crippen molar-refractivity contribution in [3.8, 4) is 12.3 Å². The molecule has 0 spiro atoms. The summed E-state index contributed by atoms with van der Waals surface area (Å²) in [6, 6.07) is 8.16. The van der Waals surface area contributed by atoms with Gasteiger partial charge in [0.25, 0.3) is 0 Å². The Hall–Kier alpha value is -1.30. The largest absolute Gasteiger partial charge is 0.394 e. The Morgan fingerprint density at radius 1 is 1.40 bits per heavy atom. The van der Waals surface area contributed by atoms with Crippen LogP contribution in [0.4, 0.5) is 0 Å². The zero-order chi connectivity index (χ0) is 11.1. The second-order valence-electron chi connectivity index (χ2n) is 3.42. The number of benzene rings is 1. The molecule has 1 unspecified atom stereocenters. The van der Waals surface area contributed by atoms with Gasteiger partial charge in [0.05, 0.1) is 19.2 Å². The Bertz CT molecular complexity index is 323. The summed E-state index contributed by atoms with van der Waals surface area (Å²) in [5.41, 5.74) is 2.37. The topological polar surface area (TPSA) is 32.3 Å². The fourth-order valence-corrected chi connectivity index (χ4v) is 1.46. The van der Waals surface area contributed by atoms with Crippen LogP contribution < -0.4 is 5.32 Å². The Morgan fingerprint density at radius 2 is 2.07 bits per heavy atom. The van der Waals surface area contributed by atoms with Crippen molar-refractivity contribution in [3.05, 3.63) is 35.4 Å². The number of hydrogen-bond acceptors (Lipinski definition) is 2. The molecule has 1 aromatic carbocycles. The van der Waals surface area contributed by atoms with E-state index in [4.69, 9.17) is 6.42 Å². The standard InChI is InChI=1S/C13H17NO/c1-3-9-14-13(10-15)12-7-5-11(4-2)6-8-12/h1,5-8,13-15H,4,9-10H2,2H3. The summed E-state index contributed by atoms with van der Waals surface area (Å²) in [5.74, 6) is 2.50. The predicted molar refractivity (Wildman–Crippen MR) is 62.5 cm³/mol. The summed E-state index contributed by atoms with van der Waals surface area (Å²) < 4.78 is 0. The van der Waals surface area contributed by atoms with E-state index in [0.717, 1.165) is 12.0 Å². The first-order valence-electron chi connectivity index (χ1n) is 5.18. The zero-order valence-electron chi connectivity index (χ0n) is 9.03. The summed E-state index contributed by atoms with van der Waals surface area (Å²) in [6.45, 7) is 2.66. The lowest BCUT2D eigenvalue weighted by Gasteiger charge is -2.15. The van der Waals surface area contributed by atoms with E-state index in [1.807, 2.05) is 12.1 Å². The smallest absolute Gasteiger partial charge is 0.0626 e. The number of aryl methyl sites for hydroxylation is 1. The van der Waals surface area contributed by atoms with Crippen molar-refractivity contribution in [3.63, 3.8) is 0 Å². The van der Waals surface area contributed by atoms with Gasteiger partial charge in [0, 0.05) is 0 Å². The third kappa shape index (κ3) is 3.39. The third-order valence-corrected chi connectivity index (χ3v) is 2.42. The van der Waals surface area contributed by atoms with Crippen LogP contribution in [0.1, 0.15) is 24.1 Å². The van der Waals surface area contributed by atoms with E-state index in [9.17, 15) is 5.11 Å². The number of hydrogen-bond donors (Lipinski definition) is 2. The normalized spacial score (nSPS) is 12.1. The van der Waals surface area contributed by atoms with Crippen LogP contribution in [-0.4, -0.2) is 18.3 Å². The minimum atomic E-state index is -0.0630. The maximum absolute atomic E-state index is 9.20. The molecule has 15 heavy (non-hydrogen) atoms. The van der Waals surface area contributed by atoms with Gasteiger partial charge in [0.2, 0.25) is 0 Å². The molecule has 80 valence electrons. The molecule has 0 aliphatic rings. The van der Waals surface area contributed by atoms with Crippen molar-refractivity contribution in [2.24, 2.45) is 0 Å². The summed E-state index contributed by atoms with van der Waals surface area (Å²) in [5, 5.41) is 12.3. The fraction of sp³-hybridized carbons (Fsp3) is 0.385. The summed E-state index contributed by atoms with van der Waals surface area (Å²) in [6.07, 6.45) is 6.19. The molecule has 0 heterocycles. The molecule has 0 saturated heterocycles. The first-order valence-corrected chi connectivity index (χ1v) is 5.18. The van der Waals surface area contributed by atoms with Gasteiger partial charge < -0.3 is 5.11 Å². The van der Waals surface area contributed by atoms with E-state index in [-0.39, 0.29) is 12.6 Å². The first-order chi connectivity index (χ1) is 7.31. The second-order valence-corrected chi connectivity index (χ2v) is 3.42. The molecular formula is C13H17NO. The maximum Gasteiger partial charge on any atom is 0.0626 e. The van der Waals surface area contributed by atoms with Gasteiger partial charge in [0.15, 0.2) is 0 Å². The summed E-state index contributed by atoms with van der Waals surface area (Å²) >= 11 is 0. The molecule has 0 aromatic heterocycles. The Balaban J connectivity index is 2.70. The van der Waals surface area contributed by atoms with Crippen LogP contribution >= 0.6 is 0 Å². The van der Waals surface area contributed by atoms with Crippen LogP contribution in [0, 0.1) is 12.3 Å². The van der Waals surface area contributed by atoms with Gasteiger partial charge in [-0.05, 0) is 17.5 Å². The molecule has 2 nitrogen and oxygen atoms in total. The number of aliphatic hydroxyl groups excluding tert-OH is 1. The SMILES string of the molecule is C#CCNC(CO)c1ccc(CC)cc1. The van der Waals surface area contributed by atoms with Gasteiger partial charge in [-0.2, -0.15) is 0 Å². The summed E-state index contributed by atoms with van der Waals surface area (Å²) in [7, 11) is 0. The molecule has 0 bridgehead atoms. The first kappa shape index (κ1) is 11.8. The van der Waals surface area contributed by atoms with Crippen LogP contribution in [0.2, 0.25) is 0 Å². The predicted octanol–water partition coefficient (Wildman–Crippen LogP) is 1.51. The highest BCUT2D eigenvalue weighted by molar-refractivity contribution is 5.25. The number of rotatable bonds is 5. The van der Waals surface area contributed by atoms with Crippen molar-refractivity contribution < 1.29 is 5.11 Å². The molecular weight excluding hydrogens is 186 g/mol. The Morgan fingerprint density at radius 3 is 2.53 bits per heavy atom. The molecule has 0 aliphatic carbocycles. The molecule has 1 atom stereocenters. The van der Waals surface area contributed by atoms with Crippen LogP contribution in [0.3, 0.4) is 0 Å². The van der Waals surface area contributed by atoms with Crippen LogP contribution in [0.15, 0.2) is 24.3 Å². The van der Waals surface area contributed by atoms with Gasteiger partial charge in [-0.15, -0.1) is 6.42 Å². The van der Waals surface area contributed by atoms with Gasteiger partial charge in [-0.1, -0.05) is 37.1 Å². The van der Waals surface area contributed by atoms with E-state index in [1.54, 1.807) is 0 Å². The highest BCUT2D eigenvalue weighted by Crippen LogP contribution is 2.13. The number of aliphatic hydroxyl groups is 1. The number of nitrogens with one attached hydrogen (secondary N) is 1. The lowest BCUT2D eigenvalue weighted by atomic mass is 10.0. The van der Waals surface area contributed by atoms with E-state index >= 15 is 0 Å². The van der Waals surface area contributed by atoms with Crippen molar-refractivity contribution in [1.82, 2.24) is 5.32 Å². The molecule has 0 amide bonds. The quantitative estimate of drug-likeness (QED) is 0.711. The molecule has 0 aliphatic heterocycles. The highest BCUT2D eigenvalue weighted by Gasteiger charge is 2.07. The van der Waals surface area contributed by atoms with Gasteiger partial charge in [0.1, 0.15) is 0 Å². The zero-order valence-corrected chi connectivity index (χ0v) is 9.03. The van der Waals surface area contributed by atoms with E-state index in [0.29, 0.717) is 6.54 Å². The lowest BCUT2D eigenvalue weighted by molar-refractivity contribution is 0.248. The second kappa shape index (κ2) is 6.23. The maximum atomic E-state index is 9.20. The minimum Gasteiger partial charge on any atom is -0.394 e. The Kier molecular flexibility index (Phi) is 4.89. The molecule has 0 radical (unpaired) electrons. The van der Waals surface area contributed by atoms with Gasteiger partial charge in [-0.3, -0.25) is 5.32 Å². The average molecular weight is 203 g/mol. The summed E-state index contributed by atoms with van der Waals surface area (Å²) in [4.78, 5) is 0. The third-order valence-electron chi connectivity index (χ3n) is 2.42. The fourth-order valence-electron chi connectivity index (χ4n) is 1.46. The van der Waals surface area contributed by atoms with Crippen molar-refractivity contribution >= 4 is 0 Å². The molecule has 2 N–H and O–H groups in total. The van der Waals surface area contributed by atoms with Gasteiger partial charge >= 0.3 is 0 Å². The Labute approximate surface area is 91.3 Å². The monoisotopic (exact) mass is 203 g/mol. The van der Waals surface area contributed by atoms with E-state index in [2.05, 4.69) is 30.3 Å². The molecule has 1 rings (SSSR count). The van der Waals surface area contributed by atoms with Crippen LogP contribution in [0.5, 0.6) is 0 Å². The van der Waals surface area contributed by atoms with Crippen LogP contribution in [-0.2, 0) is 6.42 Å². The van der Waals surface area contributed by atoms with E-state index < -0.39 is 0 Å². The lowest BCUT2D eigenvalue weighted by Crippen LogP contribution is -2.24. The van der Waals surface area contributed by atoms with Crippen molar-refractivity contribution in [2.75, 3.05) is 13.2 Å². The van der Waals surface area contributed by atoms with Crippen molar-refractivity contribution in [2.45, 2.75) is 19.4 Å². The molecule has 2 heteroatoms. The van der Waals surface area contributed by atoms with Crippen LogP contribution in [0.25, 0.3) is 0 Å². The molecule has 1 aromatic rings. The van der Waals surface area contributed by atoms with E-state index in [1.165, 1.54) is 5.56 Å².